The number of nitrogens with one attached hydrogen (secondary N) is 1. The Bertz CT molecular complexity index is 183. The van der Waals surface area contributed by atoms with Crippen LogP contribution < -0.4 is 5.32 Å². The lowest BCUT2D eigenvalue weighted by atomic mass is 10.0. The molecule has 82 valence electrons. The minimum absolute atomic E-state index is 0.264. The molecule has 0 aromatic carbocycles. The maximum atomic E-state index is 10.5. The van der Waals surface area contributed by atoms with Crippen molar-refractivity contribution in [3.05, 3.63) is 0 Å². The summed E-state index contributed by atoms with van der Waals surface area (Å²) in [4.78, 5) is 12.8. The van der Waals surface area contributed by atoms with Gasteiger partial charge in [0.05, 0.1) is 6.42 Å². The summed E-state index contributed by atoms with van der Waals surface area (Å²) in [6.07, 6.45) is 3.94. The predicted octanol–water partition coefficient (Wildman–Crippen LogP) is 0.535. The summed E-state index contributed by atoms with van der Waals surface area (Å²) < 4.78 is 0. The first-order chi connectivity index (χ1) is 6.74. The smallest absolute Gasteiger partial charge is 0.304 e. The third kappa shape index (κ3) is 3.64. The summed E-state index contributed by atoms with van der Waals surface area (Å²) in [5, 5.41) is 11.8. The van der Waals surface area contributed by atoms with Crippen LogP contribution in [0.3, 0.4) is 0 Å². The molecule has 4 heteroatoms. The average Bonchev–Trinajstić information content (AvgIpc) is 2.17. The molecule has 0 aromatic heterocycles. The molecule has 0 bridgehead atoms. The van der Waals surface area contributed by atoms with Gasteiger partial charge >= 0.3 is 5.97 Å². The lowest BCUT2D eigenvalue weighted by Gasteiger charge is -2.35. The number of rotatable bonds is 5. The molecule has 0 aromatic rings. The molecule has 1 atom stereocenters. The van der Waals surface area contributed by atoms with Gasteiger partial charge < -0.3 is 10.4 Å². The molecule has 2 N–H and O–H groups in total. The molecule has 0 radical (unpaired) electrons. The fourth-order valence-corrected chi connectivity index (χ4v) is 2.06. The van der Waals surface area contributed by atoms with Crippen LogP contribution in [-0.2, 0) is 4.79 Å². The van der Waals surface area contributed by atoms with Crippen molar-refractivity contribution >= 4 is 5.97 Å². The number of carboxylic acids is 1. The van der Waals surface area contributed by atoms with E-state index in [-0.39, 0.29) is 6.42 Å². The summed E-state index contributed by atoms with van der Waals surface area (Å²) in [5.74, 6) is -0.696. The van der Waals surface area contributed by atoms with Crippen LogP contribution in [0.1, 0.15) is 25.7 Å². The minimum atomic E-state index is -0.696. The summed E-state index contributed by atoms with van der Waals surface area (Å²) in [7, 11) is 1.95. The van der Waals surface area contributed by atoms with E-state index in [1.807, 2.05) is 7.05 Å². The quantitative estimate of drug-likeness (QED) is 0.680. The van der Waals surface area contributed by atoms with Crippen molar-refractivity contribution in [2.75, 3.05) is 26.7 Å². The van der Waals surface area contributed by atoms with Gasteiger partial charge in [-0.3, -0.25) is 9.69 Å². The molecule has 0 spiro atoms. The van der Waals surface area contributed by atoms with Gasteiger partial charge in [0.2, 0.25) is 0 Å². The fourth-order valence-electron chi connectivity index (χ4n) is 2.06. The summed E-state index contributed by atoms with van der Waals surface area (Å²) in [6.45, 7) is 2.72. The predicted molar refractivity (Wildman–Crippen MR) is 55.4 cm³/mol. The van der Waals surface area contributed by atoms with Gasteiger partial charge in [-0.05, 0) is 26.4 Å². The molecule has 4 nitrogen and oxygen atoms in total. The third-order valence-corrected chi connectivity index (χ3v) is 2.80. The van der Waals surface area contributed by atoms with Crippen LogP contribution in [0, 0.1) is 0 Å². The first-order valence-corrected chi connectivity index (χ1v) is 5.34. The number of hydrogen-bond acceptors (Lipinski definition) is 3. The number of carboxylic acid groups (broad SMARTS) is 1. The number of hydrogen-bond donors (Lipinski definition) is 2. The molecule has 0 aliphatic carbocycles. The van der Waals surface area contributed by atoms with Crippen molar-refractivity contribution in [3.63, 3.8) is 0 Å². The van der Waals surface area contributed by atoms with E-state index in [0.29, 0.717) is 12.6 Å². The number of carbonyl (C=O) groups is 1. The number of likely N-dealkylation sites (N-methyl/N-ethyl adjacent to an activating group) is 1. The van der Waals surface area contributed by atoms with Gasteiger partial charge in [-0.15, -0.1) is 0 Å². The van der Waals surface area contributed by atoms with Crippen molar-refractivity contribution in [1.29, 1.82) is 0 Å². The summed E-state index contributed by atoms with van der Waals surface area (Å²) in [6, 6.07) is 0.535. The highest BCUT2D eigenvalue weighted by Gasteiger charge is 2.21. The highest BCUT2D eigenvalue weighted by atomic mass is 16.4. The zero-order chi connectivity index (χ0) is 10.4. The highest BCUT2D eigenvalue weighted by molar-refractivity contribution is 5.66. The van der Waals surface area contributed by atoms with Crippen LogP contribution in [0.15, 0.2) is 0 Å². The van der Waals surface area contributed by atoms with Crippen LogP contribution in [0.4, 0.5) is 0 Å². The van der Waals surface area contributed by atoms with E-state index in [1.165, 1.54) is 19.3 Å². The molecule has 1 aliphatic heterocycles. The Labute approximate surface area is 85.3 Å². The van der Waals surface area contributed by atoms with E-state index < -0.39 is 5.97 Å². The SMILES string of the molecule is CNCC1CCCCN1CCC(=O)O. The Balaban J connectivity index is 2.33. The molecule has 1 heterocycles. The molecule has 0 amide bonds. The zero-order valence-electron chi connectivity index (χ0n) is 8.83. The van der Waals surface area contributed by atoms with Gasteiger partial charge in [-0.2, -0.15) is 0 Å². The third-order valence-electron chi connectivity index (χ3n) is 2.80. The van der Waals surface area contributed by atoms with Crippen LogP contribution in [0.2, 0.25) is 0 Å². The number of aliphatic carboxylic acids is 1. The van der Waals surface area contributed by atoms with Gasteiger partial charge in [0.25, 0.3) is 0 Å². The molecule has 1 fully saturated rings. The van der Waals surface area contributed by atoms with E-state index in [9.17, 15) is 4.79 Å². The van der Waals surface area contributed by atoms with Gasteiger partial charge in [-0.1, -0.05) is 6.42 Å². The van der Waals surface area contributed by atoms with Crippen molar-refractivity contribution in [1.82, 2.24) is 10.2 Å². The molecule has 1 aliphatic rings. The monoisotopic (exact) mass is 200 g/mol. The Morgan fingerprint density at radius 2 is 2.36 bits per heavy atom. The van der Waals surface area contributed by atoms with Crippen molar-refractivity contribution in [2.24, 2.45) is 0 Å². The standard InChI is InChI=1S/C10H20N2O2/c1-11-8-9-4-2-3-6-12(9)7-5-10(13)14/h9,11H,2-8H2,1H3,(H,13,14). The van der Waals surface area contributed by atoms with Crippen molar-refractivity contribution in [2.45, 2.75) is 31.7 Å². The lowest BCUT2D eigenvalue weighted by Crippen LogP contribution is -2.45. The van der Waals surface area contributed by atoms with Gasteiger partial charge in [-0.25, -0.2) is 0 Å². The molecular weight excluding hydrogens is 180 g/mol. The van der Waals surface area contributed by atoms with E-state index in [2.05, 4.69) is 10.2 Å². The van der Waals surface area contributed by atoms with E-state index in [0.717, 1.165) is 13.1 Å². The second kappa shape index (κ2) is 5.98. The minimum Gasteiger partial charge on any atom is -0.481 e. The largest absolute Gasteiger partial charge is 0.481 e. The normalized spacial score (nSPS) is 23.6. The number of piperidine rings is 1. The Hall–Kier alpha value is -0.610. The molecule has 0 saturated carbocycles. The molecule has 1 rings (SSSR count). The Morgan fingerprint density at radius 3 is 3.00 bits per heavy atom. The first kappa shape index (κ1) is 11.5. The maximum Gasteiger partial charge on any atom is 0.304 e. The van der Waals surface area contributed by atoms with Gasteiger partial charge in [0.1, 0.15) is 0 Å². The highest BCUT2D eigenvalue weighted by Crippen LogP contribution is 2.16. The van der Waals surface area contributed by atoms with Crippen molar-refractivity contribution < 1.29 is 9.90 Å². The van der Waals surface area contributed by atoms with Crippen LogP contribution in [0.5, 0.6) is 0 Å². The van der Waals surface area contributed by atoms with Gasteiger partial charge in [0.15, 0.2) is 0 Å². The van der Waals surface area contributed by atoms with Crippen LogP contribution >= 0.6 is 0 Å². The second-order valence-electron chi connectivity index (χ2n) is 3.89. The molecule has 1 unspecified atom stereocenters. The van der Waals surface area contributed by atoms with Crippen molar-refractivity contribution in [3.8, 4) is 0 Å². The Morgan fingerprint density at radius 1 is 1.57 bits per heavy atom. The molecule has 1 saturated heterocycles. The summed E-state index contributed by atoms with van der Waals surface area (Å²) in [5.41, 5.74) is 0. The average molecular weight is 200 g/mol. The van der Waals surface area contributed by atoms with E-state index in [4.69, 9.17) is 5.11 Å². The zero-order valence-corrected chi connectivity index (χ0v) is 8.83. The topological polar surface area (TPSA) is 52.6 Å². The molecule has 14 heavy (non-hydrogen) atoms. The van der Waals surface area contributed by atoms with E-state index in [1.54, 1.807) is 0 Å². The van der Waals surface area contributed by atoms with E-state index >= 15 is 0 Å². The maximum absolute atomic E-state index is 10.5. The number of likely N-dealkylation sites (tertiary alicyclic amines) is 1. The Kier molecular flexibility index (Phi) is 4.90. The lowest BCUT2D eigenvalue weighted by molar-refractivity contribution is -0.137. The van der Waals surface area contributed by atoms with Gasteiger partial charge in [0, 0.05) is 19.1 Å². The molecular formula is C10H20N2O2. The van der Waals surface area contributed by atoms with Crippen LogP contribution in [0.25, 0.3) is 0 Å². The second-order valence-corrected chi connectivity index (χ2v) is 3.89. The summed E-state index contributed by atoms with van der Waals surface area (Å²) >= 11 is 0. The van der Waals surface area contributed by atoms with Crippen LogP contribution in [-0.4, -0.2) is 48.7 Å². The number of nitrogens with zero attached hydrogens (tertiary/aromatic N) is 1. The fraction of sp³-hybridized carbons (Fsp3) is 0.900. The first-order valence-electron chi connectivity index (χ1n) is 5.34.